The lowest BCUT2D eigenvalue weighted by molar-refractivity contribution is -0.385. The Kier molecular flexibility index (Phi) is 4.47. The van der Waals surface area contributed by atoms with Gasteiger partial charge in [-0.3, -0.25) is 10.1 Å². The van der Waals surface area contributed by atoms with Crippen LogP contribution < -0.4 is 10.5 Å². The zero-order chi connectivity index (χ0) is 13.7. The maximum absolute atomic E-state index is 10.8. The summed E-state index contributed by atoms with van der Waals surface area (Å²) >= 11 is 0. The fourth-order valence-corrected chi connectivity index (χ4v) is 1.47. The van der Waals surface area contributed by atoms with Gasteiger partial charge in [-0.15, -0.1) is 0 Å². The summed E-state index contributed by atoms with van der Waals surface area (Å²) in [6.07, 6.45) is -0.884. The molecule has 1 aromatic carbocycles. The van der Waals surface area contributed by atoms with E-state index in [-0.39, 0.29) is 18.9 Å². The summed E-state index contributed by atoms with van der Waals surface area (Å²) in [7, 11) is 0. The highest BCUT2D eigenvalue weighted by molar-refractivity contribution is 5.64. The molecule has 0 aliphatic heterocycles. The molecule has 98 valence electrons. The van der Waals surface area contributed by atoms with Crippen LogP contribution in [0.2, 0.25) is 0 Å². The van der Waals surface area contributed by atoms with Gasteiger partial charge in [-0.05, 0) is 25.5 Å². The van der Waals surface area contributed by atoms with Crippen molar-refractivity contribution < 1.29 is 19.2 Å². The molecule has 0 aliphatic carbocycles. The van der Waals surface area contributed by atoms with Crippen LogP contribution in [0.15, 0.2) is 12.1 Å². The number of nitrogens with two attached hydrogens (primary N) is 1. The number of aryl methyl sites for hydroxylation is 2. The van der Waals surface area contributed by atoms with Crippen molar-refractivity contribution in [3.05, 3.63) is 33.4 Å². The van der Waals surface area contributed by atoms with Crippen molar-refractivity contribution in [2.75, 3.05) is 13.2 Å². The van der Waals surface area contributed by atoms with Crippen molar-refractivity contribution in [3.63, 3.8) is 0 Å². The maximum Gasteiger partial charge on any atom is 0.404 e. The van der Waals surface area contributed by atoms with Crippen LogP contribution in [0.1, 0.15) is 11.1 Å². The number of nitro benzene ring substituents is 1. The van der Waals surface area contributed by atoms with Gasteiger partial charge in [-0.25, -0.2) is 4.79 Å². The lowest BCUT2D eigenvalue weighted by Crippen LogP contribution is -2.17. The summed E-state index contributed by atoms with van der Waals surface area (Å²) < 4.78 is 9.78. The number of hydrogen-bond acceptors (Lipinski definition) is 5. The van der Waals surface area contributed by atoms with Crippen molar-refractivity contribution in [3.8, 4) is 5.75 Å². The molecule has 0 heterocycles. The summed E-state index contributed by atoms with van der Waals surface area (Å²) in [5, 5.41) is 10.8. The molecule has 0 bridgehead atoms. The number of ether oxygens (including phenoxy) is 2. The fraction of sp³-hybridized carbons (Fsp3) is 0.364. The standard InChI is InChI=1S/C11H14N2O5/c1-7-5-8(2)10(6-9(7)13(15)16)17-3-4-18-11(12)14/h5-6H,3-4H2,1-2H3,(H2,12,14). The van der Waals surface area contributed by atoms with Gasteiger partial charge in [0.2, 0.25) is 0 Å². The van der Waals surface area contributed by atoms with Gasteiger partial charge in [0.15, 0.2) is 0 Å². The van der Waals surface area contributed by atoms with Crippen molar-refractivity contribution in [2.45, 2.75) is 13.8 Å². The number of rotatable bonds is 5. The number of hydrogen-bond donors (Lipinski definition) is 1. The Morgan fingerprint density at radius 3 is 2.56 bits per heavy atom. The van der Waals surface area contributed by atoms with Crippen molar-refractivity contribution in [2.24, 2.45) is 5.73 Å². The summed E-state index contributed by atoms with van der Waals surface area (Å²) in [5.41, 5.74) is 6.11. The highest BCUT2D eigenvalue weighted by Crippen LogP contribution is 2.27. The largest absolute Gasteiger partial charge is 0.489 e. The van der Waals surface area contributed by atoms with E-state index in [1.807, 2.05) is 0 Å². The number of carbonyl (C=O) groups excluding carboxylic acids is 1. The van der Waals surface area contributed by atoms with Crippen LogP contribution in [0.3, 0.4) is 0 Å². The second-order valence-corrected chi connectivity index (χ2v) is 3.68. The summed E-state index contributed by atoms with van der Waals surface area (Å²) in [6, 6.07) is 3.03. The zero-order valence-electron chi connectivity index (χ0n) is 10.1. The topological polar surface area (TPSA) is 105 Å². The number of carbonyl (C=O) groups is 1. The fourth-order valence-electron chi connectivity index (χ4n) is 1.47. The Morgan fingerprint density at radius 2 is 2.00 bits per heavy atom. The number of nitro groups is 1. The SMILES string of the molecule is Cc1cc(C)c([N+](=O)[O-])cc1OCCOC(N)=O. The first-order chi connectivity index (χ1) is 8.41. The van der Waals surface area contributed by atoms with E-state index in [1.54, 1.807) is 19.9 Å². The molecule has 7 heteroatoms. The van der Waals surface area contributed by atoms with Crippen LogP contribution in [-0.2, 0) is 4.74 Å². The van der Waals surface area contributed by atoms with E-state index in [4.69, 9.17) is 10.5 Å². The molecule has 1 aromatic rings. The monoisotopic (exact) mass is 254 g/mol. The first kappa shape index (κ1) is 13.8. The second kappa shape index (κ2) is 5.85. The molecule has 0 atom stereocenters. The predicted molar refractivity (Wildman–Crippen MR) is 63.6 cm³/mol. The molecule has 0 radical (unpaired) electrons. The third-order valence-corrected chi connectivity index (χ3v) is 2.28. The maximum atomic E-state index is 10.8. The van der Waals surface area contributed by atoms with Gasteiger partial charge in [0.1, 0.15) is 19.0 Å². The van der Waals surface area contributed by atoms with Crippen LogP contribution in [0, 0.1) is 24.0 Å². The molecule has 2 N–H and O–H groups in total. The summed E-state index contributed by atoms with van der Waals surface area (Å²) in [4.78, 5) is 20.6. The minimum atomic E-state index is -0.884. The van der Waals surface area contributed by atoms with E-state index in [9.17, 15) is 14.9 Å². The van der Waals surface area contributed by atoms with Crippen LogP contribution in [-0.4, -0.2) is 24.2 Å². The molecular formula is C11H14N2O5. The van der Waals surface area contributed by atoms with E-state index in [0.717, 1.165) is 5.56 Å². The summed E-state index contributed by atoms with van der Waals surface area (Å²) in [5.74, 6) is 0.389. The Morgan fingerprint density at radius 1 is 1.33 bits per heavy atom. The molecule has 0 saturated carbocycles. The zero-order valence-corrected chi connectivity index (χ0v) is 10.1. The number of benzene rings is 1. The quantitative estimate of drug-likeness (QED) is 0.489. The van der Waals surface area contributed by atoms with Crippen molar-refractivity contribution in [1.29, 1.82) is 0 Å². The second-order valence-electron chi connectivity index (χ2n) is 3.68. The van der Waals surface area contributed by atoms with E-state index < -0.39 is 11.0 Å². The molecule has 18 heavy (non-hydrogen) atoms. The molecule has 0 aromatic heterocycles. The lowest BCUT2D eigenvalue weighted by atomic mass is 10.1. The Balaban J connectivity index is 2.73. The van der Waals surface area contributed by atoms with Crippen molar-refractivity contribution >= 4 is 11.8 Å². The van der Waals surface area contributed by atoms with E-state index in [1.165, 1.54) is 6.07 Å². The molecule has 7 nitrogen and oxygen atoms in total. The molecule has 0 saturated heterocycles. The van der Waals surface area contributed by atoms with E-state index >= 15 is 0 Å². The number of nitrogens with zero attached hydrogens (tertiary/aromatic N) is 1. The van der Waals surface area contributed by atoms with Gasteiger partial charge in [0.05, 0.1) is 11.0 Å². The Labute approximate surface area is 104 Å². The Bertz CT molecular complexity index is 473. The smallest absolute Gasteiger partial charge is 0.404 e. The average Bonchev–Trinajstić information content (AvgIpc) is 2.25. The molecule has 0 spiro atoms. The third kappa shape index (κ3) is 3.62. The van der Waals surface area contributed by atoms with Gasteiger partial charge in [0.25, 0.3) is 5.69 Å². The number of primary amides is 1. The first-order valence-electron chi connectivity index (χ1n) is 5.22. The third-order valence-electron chi connectivity index (χ3n) is 2.28. The number of amides is 1. The van der Waals surface area contributed by atoms with Crippen LogP contribution in [0.5, 0.6) is 5.75 Å². The van der Waals surface area contributed by atoms with E-state index in [0.29, 0.717) is 11.3 Å². The van der Waals surface area contributed by atoms with Gasteiger partial charge >= 0.3 is 6.09 Å². The molecule has 0 unspecified atom stereocenters. The normalized spacial score (nSPS) is 9.89. The van der Waals surface area contributed by atoms with Gasteiger partial charge < -0.3 is 15.2 Å². The predicted octanol–water partition coefficient (Wildman–Crippen LogP) is 1.69. The van der Waals surface area contributed by atoms with Crippen LogP contribution >= 0.6 is 0 Å². The van der Waals surface area contributed by atoms with Crippen LogP contribution in [0.4, 0.5) is 10.5 Å². The van der Waals surface area contributed by atoms with Gasteiger partial charge in [-0.1, -0.05) is 0 Å². The first-order valence-corrected chi connectivity index (χ1v) is 5.22. The molecule has 0 fully saturated rings. The highest BCUT2D eigenvalue weighted by Gasteiger charge is 2.14. The van der Waals surface area contributed by atoms with Crippen molar-refractivity contribution in [1.82, 2.24) is 0 Å². The molecule has 1 rings (SSSR count). The lowest BCUT2D eigenvalue weighted by Gasteiger charge is -2.10. The van der Waals surface area contributed by atoms with E-state index in [2.05, 4.69) is 4.74 Å². The van der Waals surface area contributed by atoms with Crippen LogP contribution in [0.25, 0.3) is 0 Å². The minimum absolute atomic E-state index is 0.00352. The average molecular weight is 254 g/mol. The van der Waals surface area contributed by atoms with Gasteiger partial charge in [0, 0.05) is 5.56 Å². The molecule has 0 aliphatic rings. The summed E-state index contributed by atoms with van der Waals surface area (Å²) in [6.45, 7) is 3.52. The molecular weight excluding hydrogens is 240 g/mol. The highest BCUT2D eigenvalue weighted by atomic mass is 16.6. The van der Waals surface area contributed by atoms with Gasteiger partial charge in [-0.2, -0.15) is 0 Å². The minimum Gasteiger partial charge on any atom is -0.489 e. The Hall–Kier alpha value is -2.31. The molecule has 1 amide bonds.